The molecule has 2 saturated heterocycles. The van der Waals surface area contributed by atoms with Gasteiger partial charge in [0.05, 0.1) is 6.54 Å². The van der Waals surface area contributed by atoms with E-state index in [9.17, 15) is 14.4 Å². The van der Waals surface area contributed by atoms with E-state index in [0.29, 0.717) is 36.5 Å². The van der Waals surface area contributed by atoms with E-state index in [1.165, 1.54) is 4.90 Å². The van der Waals surface area contributed by atoms with Gasteiger partial charge >= 0.3 is 6.03 Å². The van der Waals surface area contributed by atoms with E-state index in [1.54, 1.807) is 23.1 Å². The van der Waals surface area contributed by atoms with Crippen LogP contribution in [0, 0.1) is 13.8 Å². The minimum absolute atomic E-state index is 0.0291. The van der Waals surface area contributed by atoms with Gasteiger partial charge in [0, 0.05) is 23.7 Å². The second-order valence-corrected chi connectivity index (χ2v) is 8.58. The number of hydrogen-bond acceptors (Lipinski definition) is 3. The van der Waals surface area contributed by atoms with Crippen molar-refractivity contribution in [3.63, 3.8) is 0 Å². The van der Waals surface area contributed by atoms with Gasteiger partial charge in [-0.05, 0) is 56.0 Å². The number of nitrogens with one attached hydrogen (secondary N) is 1. The lowest BCUT2D eigenvalue weighted by Gasteiger charge is -2.37. The van der Waals surface area contributed by atoms with Gasteiger partial charge in [-0.2, -0.15) is 0 Å². The van der Waals surface area contributed by atoms with Gasteiger partial charge in [-0.15, -0.1) is 0 Å². The van der Waals surface area contributed by atoms with Crippen molar-refractivity contribution >= 4 is 29.4 Å². The fourth-order valence-electron chi connectivity index (χ4n) is 4.20. The van der Waals surface area contributed by atoms with Gasteiger partial charge in [0.1, 0.15) is 5.54 Å². The van der Waals surface area contributed by atoms with E-state index in [2.05, 4.69) is 5.32 Å². The Morgan fingerprint density at radius 2 is 1.83 bits per heavy atom. The van der Waals surface area contributed by atoms with E-state index < -0.39 is 11.6 Å². The Morgan fingerprint density at radius 3 is 2.53 bits per heavy atom. The molecule has 30 heavy (non-hydrogen) atoms. The normalized spacial score (nSPS) is 18.1. The van der Waals surface area contributed by atoms with Gasteiger partial charge in [-0.1, -0.05) is 41.4 Å². The number of halogens is 1. The summed E-state index contributed by atoms with van der Waals surface area (Å²) in [5, 5.41) is 3.45. The second-order valence-electron chi connectivity index (χ2n) is 8.14. The van der Waals surface area contributed by atoms with Crippen LogP contribution in [0.1, 0.15) is 39.9 Å². The smallest absolute Gasteiger partial charge is 0.325 e. The van der Waals surface area contributed by atoms with Gasteiger partial charge in [-0.3, -0.25) is 14.5 Å². The Bertz CT molecular complexity index is 1030. The Balaban J connectivity index is 1.46. The number of carbonyl (C=O) groups excluding carboxylic acids is 3. The molecule has 0 radical (unpaired) electrons. The van der Waals surface area contributed by atoms with Crippen LogP contribution in [0.25, 0.3) is 0 Å². The summed E-state index contributed by atoms with van der Waals surface area (Å²) in [4.78, 5) is 41.7. The van der Waals surface area contributed by atoms with Gasteiger partial charge in [0.15, 0.2) is 0 Å². The molecule has 2 heterocycles. The van der Waals surface area contributed by atoms with Crippen molar-refractivity contribution in [1.82, 2.24) is 15.1 Å². The van der Waals surface area contributed by atoms with Gasteiger partial charge in [-0.25, -0.2) is 4.79 Å². The number of likely N-dealkylation sites (tertiary alicyclic amines) is 1. The third-order valence-corrected chi connectivity index (χ3v) is 6.24. The van der Waals surface area contributed by atoms with Crippen LogP contribution in [-0.2, 0) is 11.3 Å². The molecule has 0 aromatic heterocycles. The molecule has 6 nitrogen and oxygen atoms in total. The number of urea groups is 1. The fraction of sp³-hybridized carbons (Fsp3) is 0.348. The fourth-order valence-corrected chi connectivity index (χ4v) is 4.42. The first-order valence-electron chi connectivity index (χ1n) is 10.0. The first kappa shape index (κ1) is 20.4. The van der Waals surface area contributed by atoms with Crippen LogP contribution in [0.4, 0.5) is 4.79 Å². The Labute approximate surface area is 180 Å². The molecule has 4 rings (SSSR count). The highest BCUT2D eigenvalue weighted by Crippen LogP contribution is 2.31. The number of aryl methyl sites for hydroxylation is 2. The van der Waals surface area contributed by atoms with Crippen LogP contribution in [0.5, 0.6) is 0 Å². The number of nitrogens with zero attached hydrogens (tertiary/aromatic N) is 2. The summed E-state index contributed by atoms with van der Waals surface area (Å²) in [6, 6.07) is 12.6. The summed E-state index contributed by atoms with van der Waals surface area (Å²) in [7, 11) is 0. The predicted molar refractivity (Wildman–Crippen MR) is 114 cm³/mol. The van der Waals surface area contributed by atoms with Crippen LogP contribution in [0.3, 0.4) is 0 Å². The zero-order valence-electron chi connectivity index (χ0n) is 17.1. The predicted octanol–water partition coefficient (Wildman–Crippen LogP) is 3.68. The molecule has 0 aliphatic carbocycles. The molecular formula is C23H24ClN3O3. The van der Waals surface area contributed by atoms with E-state index in [-0.39, 0.29) is 18.4 Å². The van der Waals surface area contributed by atoms with Gasteiger partial charge < -0.3 is 10.2 Å². The van der Waals surface area contributed by atoms with Crippen LogP contribution in [-0.4, -0.2) is 46.3 Å². The van der Waals surface area contributed by atoms with Crippen molar-refractivity contribution in [3.05, 3.63) is 69.7 Å². The minimum atomic E-state index is -0.936. The third kappa shape index (κ3) is 3.67. The molecule has 7 heteroatoms. The molecule has 0 atom stereocenters. The van der Waals surface area contributed by atoms with E-state index in [0.717, 1.165) is 16.7 Å². The summed E-state index contributed by atoms with van der Waals surface area (Å²) in [6.07, 6.45) is 0.806. The summed E-state index contributed by atoms with van der Waals surface area (Å²) in [6.45, 7) is 4.90. The quantitative estimate of drug-likeness (QED) is 0.762. The average Bonchev–Trinajstić information content (AvgIpc) is 2.94. The molecule has 2 aromatic carbocycles. The Morgan fingerprint density at radius 1 is 1.10 bits per heavy atom. The van der Waals surface area contributed by atoms with Crippen LogP contribution in [0.15, 0.2) is 42.5 Å². The van der Waals surface area contributed by atoms with Gasteiger partial charge in [0.2, 0.25) is 0 Å². The van der Waals surface area contributed by atoms with Crippen molar-refractivity contribution < 1.29 is 14.4 Å². The number of rotatable bonds is 3. The summed E-state index contributed by atoms with van der Waals surface area (Å²) < 4.78 is 0. The van der Waals surface area contributed by atoms with E-state index in [1.807, 2.05) is 38.1 Å². The van der Waals surface area contributed by atoms with Crippen LogP contribution >= 0.6 is 11.6 Å². The zero-order chi connectivity index (χ0) is 21.5. The van der Waals surface area contributed by atoms with Crippen molar-refractivity contribution in [2.24, 2.45) is 0 Å². The maximum absolute atomic E-state index is 13.1. The number of benzene rings is 2. The van der Waals surface area contributed by atoms with Crippen LogP contribution < -0.4 is 5.32 Å². The molecule has 4 amide bonds. The number of piperidine rings is 1. The van der Waals surface area contributed by atoms with E-state index >= 15 is 0 Å². The van der Waals surface area contributed by atoms with Crippen molar-refractivity contribution in [3.8, 4) is 0 Å². The topological polar surface area (TPSA) is 69.7 Å². The number of amides is 4. The lowest BCUT2D eigenvalue weighted by Crippen LogP contribution is -2.55. The Hall–Kier alpha value is -2.86. The van der Waals surface area contributed by atoms with Gasteiger partial charge in [0.25, 0.3) is 11.8 Å². The first-order valence-corrected chi connectivity index (χ1v) is 10.4. The molecule has 2 aliphatic heterocycles. The molecule has 2 fully saturated rings. The number of imide groups is 1. The Kier molecular flexibility index (Phi) is 5.28. The molecular weight excluding hydrogens is 402 g/mol. The summed E-state index contributed by atoms with van der Waals surface area (Å²) >= 11 is 6.02. The molecule has 0 unspecified atom stereocenters. The first-order chi connectivity index (χ1) is 14.3. The highest BCUT2D eigenvalue weighted by molar-refractivity contribution is 6.30. The van der Waals surface area contributed by atoms with E-state index in [4.69, 9.17) is 11.6 Å². The molecule has 2 aromatic rings. The SMILES string of the molecule is Cc1ccc(C)c(C(=O)N2CCC3(CC2)NC(=O)N(Cc2cccc(Cl)c2)C3=O)c1. The molecule has 1 spiro atoms. The minimum Gasteiger partial charge on any atom is -0.338 e. The van der Waals surface area contributed by atoms with Crippen LogP contribution in [0.2, 0.25) is 5.02 Å². The second kappa shape index (κ2) is 7.76. The largest absolute Gasteiger partial charge is 0.338 e. The standard InChI is InChI=1S/C23H24ClN3O3/c1-15-6-7-16(2)19(12-15)20(28)26-10-8-23(9-11-26)21(29)27(22(30)25-23)14-17-4-3-5-18(24)13-17/h3-7,12-13H,8-11,14H2,1-2H3,(H,25,30). The number of carbonyl (C=O) groups is 3. The lowest BCUT2D eigenvalue weighted by atomic mass is 9.87. The zero-order valence-corrected chi connectivity index (χ0v) is 17.8. The number of hydrogen-bond donors (Lipinski definition) is 1. The molecule has 1 N–H and O–H groups in total. The highest BCUT2D eigenvalue weighted by Gasteiger charge is 2.52. The maximum Gasteiger partial charge on any atom is 0.325 e. The lowest BCUT2D eigenvalue weighted by molar-refractivity contribution is -0.133. The molecule has 0 bridgehead atoms. The van der Waals surface area contributed by atoms with Crippen molar-refractivity contribution in [2.45, 2.75) is 38.8 Å². The molecule has 2 aliphatic rings. The molecule has 156 valence electrons. The third-order valence-electron chi connectivity index (χ3n) is 6.00. The van der Waals surface area contributed by atoms with Crippen molar-refractivity contribution in [2.75, 3.05) is 13.1 Å². The maximum atomic E-state index is 13.1. The molecule has 0 saturated carbocycles. The highest BCUT2D eigenvalue weighted by atomic mass is 35.5. The monoisotopic (exact) mass is 425 g/mol. The summed E-state index contributed by atoms with van der Waals surface area (Å²) in [5.41, 5.74) is 2.52. The van der Waals surface area contributed by atoms with Crippen molar-refractivity contribution in [1.29, 1.82) is 0 Å². The summed E-state index contributed by atoms with van der Waals surface area (Å²) in [5.74, 6) is -0.259. The average molecular weight is 426 g/mol.